The molecular formula is C28H29ClN2O3S2. The van der Waals surface area contributed by atoms with E-state index in [1.165, 1.54) is 30.6 Å². The Morgan fingerprint density at radius 2 is 1.81 bits per heavy atom. The van der Waals surface area contributed by atoms with Gasteiger partial charge in [-0.1, -0.05) is 67.3 Å². The van der Waals surface area contributed by atoms with Crippen molar-refractivity contribution in [3.63, 3.8) is 0 Å². The maximum absolute atomic E-state index is 12.9. The van der Waals surface area contributed by atoms with Crippen molar-refractivity contribution in [2.75, 3.05) is 0 Å². The molecule has 2 aromatic carbocycles. The Labute approximate surface area is 221 Å². The van der Waals surface area contributed by atoms with Crippen LogP contribution in [0.2, 0.25) is 5.02 Å². The second-order valence-electron chi connectivity index (χ2n) is 9.40. The van der Waals surface area contributed by atoms with E-state index < -0.39 is 22.2 Å². The van der Waals surface area contributed by atoms with Crippen LogP contribution in [-0.4, -0.2) is 23.8 Å². The van der Waals surface area contributed by atoms with Crippen molar-refractivity contribution in [1.29, 1.82) is 0 Å². The van der Waals surface area contributed by atoms with Crippen LogP contribution in [0.5, 0.6) is 0 Å². The van der Waals surface area contributed by atoms with Crippen LogP contribution in [0.25, 0.3) is 21.3 Å². The number of rotatable bonds is 7. The lowest BCUT2D eigenvalue weighted by Crippen LogP contribution is -2.31. The standard InChI is InChI=1S/C25H23ClN2O3S2.C3H6/c1-15(29)16-11-12-27-22(13-16)20-7-4-5-17-14-23(32-25(17)20)24(19-6-2-3-8-21(19)26)28-33(30,31)18-9-10-18;1-2-3-1/h2-8,11-15,18,24,28-29H,9-10H2,1H3;1-3H2. The third kappa shape index (κ3) is 5.82. The lowest BCUT2D eigenvalue weighted by Gasteiger charge is -2.19. The number of halogens is 1. The van der Waals surface area contributed by atoms with E-state index in [0.717, 1.165) is 37.3 Å². The molecule has 2 atom stereocenters. The molecule has 0 bridgehead atoms. The number of nitrogens with one attached hydrogen (secondary N) is 1. The van der Waals surface area contributed by atoms with E-state index in [1.54, 1.807) is 25.3 Å². The fourth-order valence-corrected chi connectivity index (χ4v) is 7.01. The van der Waals surface area contributed by atoms with Gasteiger partial charge < -0.3 is 5.11 Å². The first-order valence-electron chi connectivity index (χ1n) is 12.3. The maximum atomic E-state index is 12.9. The van der Waals surface area contributed by atoms with Crippen LogP contribution in [0.3, 0.4) is 0 Å². The molecule has 2 saturated carbocycles. The first-order valence-corrected chi connectivity index (χ1v) is 15.0. The van der Waals surface area contributed by atoms with Gasteiger partial charge in [-0.3, -0.25) is 4.98 Å². The molecule has 8 heteroatoms. The quantitative estimate of drug-likeness (QED) is 0.264. The Balaban J connectivity index is 0.000000828. The number of hydrogen-bond acceptors (Lipinski definition) is 5. The molecular weight excluding hydrogens is 512 g/mol. The van der Waals surface area contributed by atoms with Crippen molar-refractivity contribution >= 4 is 43.0 Å². The van der Waals surface area contributed by atoms with Gasteiger partial charge in [0.2, 0.25) is 10.0 Å². The lowest BCUT2D eigenvalue weighted by atomic mass is 10.0. The van der Waals surface area contributed by atoms with Gasteiger partial charge in [0.15, 0.2) is 0 Å². The van der Waals surface area contributed by atoms with Crippen LogP contribution in [0.4, 0.5) is 0 Å². The van der Waals surface area contributed by atoms with E-state index in [-0.39, 0.29) is 5.25 Å². The second kappa shape index (κ2) is 10.6. The molecule has 6 rings (SSSR count). The highest BCUT2D eigenvalue weighted by atomic mass is 35.5. The van der Waals surface area contributed by atoms with E-state index in [2.05, 4.69) is 9.71 Å². The van der Waals surface area contributed by atoms with Gasteiger partial charge in [-0.15, -0.1) is 11.3 Å². The molecule has 0 spiro atoms. The summed E-state index contributed by atoms with van der Waals surface area (Å²) in [6.07, 6.45) is 6.98. The van der Waals surface area contributed by atoms with Gasteiger partial charge in [0.25, 0.3) is 0 Å². The van der Waals surface area contributed by atoms with Crippen LogP contribution < -0.4 is 4.72 Å². The molecule has 2 unspecified atom stereocenters. The Morgan fingerprint density at radius 3 is 2.47 bits per heavy atom. The first kappa shape index (κ1) is 25.4. The Kier molecular flexibility index (Phi) is 7.47. The summed E-state index contributed by atoms with van der Waals surface area (Å²) < 4.78 is 29.7. The summed E-state index contributed by atoms with van der Waals surface area (Å²) in [5.74, 6) is 0. The minimum atomic E-state index is -3.46. The first-order chi connectivity index (χ1) is 17.3. The number of hydrogen-bond donors (Lipinski definition) is 2. The number of benzene rings is 2. The van der Waals surface area contributed by atoms with Gasteiger partial charge in [-0.05, 0) is 60.5 Å². The van der Waals surface area contributed by atoms with Gasteiger partial charge in [0.1, 0.15) is 0 Å². The fraction of sp³-hybridized carbons (Fsp3) is 0.321. The zero-order valence-corrected chi connectivity index (χ0v) is 22.4. The number of thiophene rings is 1. The molecule has 0 amide bonds. The van der Waals surface area contributed by atoms with Gasteiger partial charge in [-0.25, -0.2) is 13.1 Å². The number of pyridine rings is 1. The van der Waals surface area contributed by atoms with Crippen molar-refractivity contribution in [3.05, 3.63) is 87.9 Å². The van der Waals surface area contributed by atoms with Crippen LogP contribution in [0.1, 0.15) is 67.2 Å². The molecule has 2 aliphatic rings. The van der Waals surface area contributed by atoms with E-state index in [1.807, 2.05) is 48.5 Å². The predicted octanol–water partition coefficient (Wildman–Crippen LogP) is 7.01. The second-order valence-corrected chi connectivity index (χ2v) is 12.9. The summed E-state index contributed by atoms with van der Waals surface area (Å²) in [5, 5.41) is 11.2. The highest BCUT2D eigenvalue weighted by Gasteiger charge is 2.38. The maximum Gasteiger partial charge on any atom is 0.215 e. The van der Waals surface area contributed by atoms with Crippen LogP contribution >= 0.6 is 22.9 Å². The normalized spacial score (nSPS) is 16.8. The molecule has 2 N–H and O–H groups in total. The molecule has 0 radical (unpaired) electrons. The molecule has 0 saturated heterocycles. The van der Waals surface area contributed by atoms with Crippen molar-refractivity contribution in [1.82, 2.24) is 9.71 Å². The van der Waals surface area contributed by atoms with E-state index in [9.17, 15) is 13.5 Å². The molecule has 36 heavy (non-hydrogen) atoms. The summed E-state index contributed by atoms with van der Waals surface area (Å²) in [6, 6.07) is 18.4. The topological polar surface area (TPSA) is 79.3 Å². The number of fused-ring (bicyclic) bond motifs is 1. The summed E-state index contributed by atoms with van der Waals surface area (Å²) in [6.45, 7) is 1.73. The summed E-state index contributed by atoms with van der Waals surface area (Å²) in [5.41, 5.74) is 3.22. The Hall–Kier alpha value is -2.29. The molecule has 2 aliphatic carbocycles. The molecule has 2 heterocycles. The van der Waals surface area contributed by atoms with E-state index in [0.29, 0.717) is 17.9 Å². The highest BCUT2D eigenvalue weighted by Crippen LogP contribution is 2.41. The number of aliphatic hydroxyl groups excluding tert-OH is 1. The number of sulfonamides is 1. The van der Waals surface area contributed by atoms with Gasteiger partial charge in [0, 0.05) is 26.4 Å². The van der Waals surface area contributed by atoms with Crippen molar-refractivity contribution in [3.8, 4) is 11.3 Å². The van der Waals surface area contributed by atoms with Gasteiger partial charge >= 0.3 is 0 Å². The largest absolute Gasteiger partial charge is 0.389 e. The van der Waals surface area contributed by atoms with Crippen molar-refractivity contribution < 1.29 is 13.5 Å². The van der Waals surface area contributed by atoms with Crippen LogP contribution in [-0.2, 0) is 10.0 Å². The van der Waals surface area contributed by atoms with Crippen LogP contribution in [0, 0.1) is 0 Å². The summed E-state index contributed by atoms with van der Waals surface area (Å²) >= 11 is 8.03. The molecule has 5 nitrogen and oxygen atoms in total. The smallest absolute Gasteiger partial charge is 0.215 e. The number of nitrogens with zero attached hydrogens (tertiary/aromatic N) is 1. The SMILES string of the molecule is C1CC1.CC(O)c1ccnc(-c2cccc3cc(C(NS(=O)(=O)C4CC4)c4ccccc4Cl)sc23)c1. The van der Waals surface area contributed by atoms with Crippen LogP contribution in [0.15, 0.2) is 66.9 Å². The van der Waals surface area contributed by atoms with Gasteiger partial charge in [0.05, 0.1) is 23.1 Å². The average Bonchev–Trinajstić information content (AvgIpc) is 3.78. The molecule has 2 fully saturated rings. The lowest BCUT2D eigenvalue weighted by molar-refractivity contribution is 0.199. The minimum Gasteiger partial charge on any atom is -0.389 e. The summed E-state index contributed by atoms with van der Waals surface area (Å²) in [7, 11) is -3.46. The highest BCUT2D eigenvalue weighted by molar-refractivity contribution is 7.90. The Morgan fingerprint density at radius 1 is 1.06 bits per heavy atom. The molecule has 0 aliphatic heterocycles. The predicted molar refractivity (Wildman–Crippen MR) is 148 cm³/mol. The van der Waals surface area contributed by atoms with Crippen molar-refractivity contribution in [2.45, 2.75) is 56.4 Å². The Bertz CT molecular complexity index is 1470. The fourth-order valence-electron chi connectivity index (χ4n) is 3.90. The van der Waals surface area contributed by atoms with Crippen molar-refractivity contribution in [2.24, 2.45) is 0 Å². The summed E-state index contributed by atoms with van der Waals surface area (Å²) in [4.78, 5) is 5.38. The zero-order chi connectivity index (χ0) is 25.3. The van der Waals surface area contributed by atoms with E-state index in [4.69, 9.17) is 11.6 Å². The third-order valence-corrected chi connectivity index (χ3v) is 9.71. The zero-order valence-electron chi connectivity index (χ0n) is 20.0. The monoisotopic (exact) mass is 540 g/mol. The van der Waals surface area contributed by atoms with E-state index >= 15 is 0 Å². The number of aliphatic hydroxyl groups is 1. The third-order valence-electron chi connectivity index (χ3n) is 6.21. The average molecular weight is 541 g/mol. The molecule has 188 valence electrons. The molecule has 2 aromatic heterocycles. The minimum absolute atomic E-state index is 0.333. The van der Waals surface area contributed by atoms with Gasteiger partial charge in [-0.2, -0.15) is 0 Å². The molecule has 4 aromatic rings. The number of aromatic nitrogens is 1.